The highest BCUT2D eigenvalue weighted by atomic mass is 79.9. The van der Waals surface area contributed by atoms with E-state index in [0.717, 1.165) is 10.0 Å². The highest BCUT2D eigenvalue weighted by Crippen LogP contribution is 2.31. The first kappa shape index (κ1) is 13.5. The van der Waals surface area contributed by atoms with Crippen molar-refractivity contribution in [2.75, 3.05) is 18.0 Å². The Hall–Kier alpha value is -1.89. The van der Waals surface area contributed by atoms with E-state index in [0.29, 0.717) is 5.69 Å². The summed E-state index contributed by atoms with van der Waals surface area (Å²) in [6.45, 7) is -0.623. The van der Waals surface area contributed by atoms with E-state index in [-0.39, 0.29) is 18.9 Å². The quantitative estimate of drug-likeness (QED) is 0.845. The molecule has 0 bridgehead atoms. The zero-order valence-electron chi connectivity index (χ0n) is 9.85. The maximum atomic E-state index is 11.8. The average molecular weight is 327 g/mol. The molecule has 2 N–H and O–H groups in total. The van der Waals surface area contributed by atoms with E-state index >= 15 is 0 Å². The number of nitrogens with one attached hydrogen (secondary N) is 1. The molecule has 6 nitrogen and oxygen atoms in total. The third kappa shape index (κ3) is 3.11. The predicted molar refractivity (Wildman–Crippen MR) is 70.8 cm³/mol. The van der Waals surface area contributed by atoms with Gasteiger partial charge in [0.25, 0.3) is 0 Å². The molecule has 1 aromatic carbocycles. The van der Waals surface area contributed by atoms with E-state index in [1.165, 1.54) is 4.90 Å². The van der Waals surface area contributed by atoms with E-state index < -0.39 is 18.4 Å². The molecule has 1 aromatic rings. The van der Waals surface area contributed by atoms with E-state index in [2.05, 4.69) is 21.2 Å². The molecule has 1 aliphatic rings. The van der Waals surface area contributed by atoms with Crippen molar-refractivity contribution in [3.63, 3.8) is 0 Å². The van der Waals surface area contributed by atoms with Gasteiger partial charge >= 0.3 is 5.97 Å². The van der Waals surface area contributed by atoms with Gasteiger partial charge in [0, 0.05) is 10.2 Å². The van der Waals surface area contributed by atoms with E-state index in [9.17, 15) is 14.4 Å². The number of rotatable bonds is 4. The number of fused-ring (bicyclic) bond motifs is 1. The molecule has 0 fully saturated rings. The summed E-state index contributed by atoms with van der Waals surface area (Å²) in [7, 11) is 0. The molecule has 7 heteroatoms. The maximum absolute atomic E-state index is 11.8. The Morgan fingerprint density at radius 2 is 2.16 bits per heavy atom. The molecular weight excluding hydrogens is 316 g/mol. The van der Waals surface area contributed by atoms with Crippen LogP contribution in [-0.2, 0) is 20.8 Å². The second-order valence-corrected chi connectivity index (χ2v) is 5.02. The number of aliphatic carboxylic acids is 1. The van der Waals surface area contributed by atoms with Gasteiger partial charge in [0.2, 0.25) is 11.8 Å². The number of carboxylic acids is 1. The third-order valence-corrected chi connectivity index (χ3v) is 3.21. The third-order valence-electron chi connectivity index (χ3n) is 2.72. The van der Waals surface area contributed by atoms with Gasteiger partial charge in [0.05, 0.1) is 6.42 Å². The van der Waals surface area contributed by atoms with Crippen LogP contribution in [-0.4, -0.2) is 36.0 Å². The summed E-state index contributed by atoms with van der Waals surface area (Å²) in [4.78, 5) is 35.1. The fourth-order valence-corrected chi connectivity index (χ4v) is 2.23. The van der Waals surface area contributed by atoms with E-state index in [1.807, 2.05) is 12.1 Å². The number of benzene rings is 1. The molecule has 0 aliphatic carbocycles. The van der Waals surface area contributed by atoms with Crippen molar-refractivity contribution in [2.45, 2.75) is 6.42 Å². The second kappa shape index (κ2) is 5.40. The van der Waals surface area contributed by atoms with Crippen molar-refractivity contribution in [2.24, 2.45) is 0 Å². The molecule has 0 saturated heterocycles. The number of hydrogen-bond acceptors (Lipinski definition) is 3. The minimum Gasteiger partial charge on any atom is -0.480 e. The lowest BCUT2D eigenvalue weighted by molar-refractivity contribution is -0.137. The van der Waals surface area contributed by atoms with Crippen molar-refractivity contribution in [3.8, 4) is 0 Å². The van der Waals surface area contributed by atoms with Crippen LogP contribution in [0.1, 0.15) is 5.56 Å². The molecule has 0 aromatic heterocycles. The number of anilines is 1. The number of amides is 2. The minimum atomic E-state index is -1.12. The molecule has 19 heavy (non-hydrogen) atoms. The Morgan fingerprint density at radius 3 is 2.84 bits per heavy atom. The standard InChI is InChI=1S/C12H11BrN2O4/c13-8-2-1-7-3-11(17)15(9(7)4-8)6-10(16)14-5-12(18)19/h1-2,4H,3,5-6H2,(H,14,16)(H,18,19). The van der Waals surface area contributed by atoms with Crippen LogP contribution in [0.3, 0.4) is 0 Å². The summed E-state index contributed by atoms with van der Waals surface area (Å²) in [5.74, 6) is -1.79. The first-order valence-electron chi connectivity index (χ1n) is 5.54. The molecule has 1 aliphatic heterocycles. The first-order chi connectivity index (χ1) is 8.97. The van der Waals surface area contributed by atoms with Crippen LogP contribution >= 0.6 is 15.9 Å². The summed E-state index contributed by atoms with van der Waals surface area (Å²) < 4.78 is 0.817. The summed E-state index contributed by atoms with van der Waals surface area (Å²) in [5, 5.41) is 10.7. The predicted octanol–water partition coefficient (Wildman–Crippen LogP) is 0.539. The Labute approximate surface area is 117 Å². The van der Waals surface area contributed by atoms with Crippen LogP contribution in [0.15, 0.2) is 22.7 Å². The van der Waals surface area contributed by atoms with Crippen molar-refractivity contribution >= 4 is 39.4 Å². The van der Waals surface area contributed by atoms with Gasteiger partial charge in [-0.15, -0.1) is 0 Å². The van der Waals surface area contributed by atoms with Crippen LogP contribution in [0.5, 0.6) is 0 Å². The monoisotopic (exact) mass is 326 g/mol. The number of hydrogen-bond donors (Lipinski definition) is 2. The normalized spacial score (nSPS) is 13.3. The fourth-order valence-electron chi connectivity index (χ4n) is 1.88. The highest BCUT2D eigenvalue weighted by molar-refractivity contribution is 9.10. The van der Waals surface area contributed by atoms with Crippen LogP contribution in [0.2, 0.25) is 0 Å². The Bertz CT molecular complexity index is 559. The summed E-state index contributed by atoms with van der Waals surface area (Å²) in [6, 6.07) is 5.43. The smallest absolute Gasteiger partial charge is 0.322 e. The molecule has 0 atom stereocenters. The van der Waals surface area contributed by atoms with Crippen molar-refractivity contribution in [1.29, 1.82) is 0 Å². The molecular formula is C12H11BrN2O4. The van der Waals surface area contributed by atoms with Gasteiger partial charge in [-0.05, 0) is 17.7 Å². The lowest BCUT2D eigenvalue weighted by Gasteiger charge is -2.16. The lowest BCUT2D eigenvalue weighted by Crippen LogP contribution is -2.40. The minimum absolute atomic E-state index is 0.168. The zero-order chi connectivity index (χ0) is 14.0. The lowest BCUT2D eigenvalue weighted by atomic mass is 10.2. The fraction of sp³-hybridized carbons (Fsp3) is 0.250. The van der Waals surface area contributed by atoms with Crippen molar-refractivity contribution in [3.05, 3.63) is 28.2 Å². The van der Waals surface area contributed by atoms with Crippen LogP contribution in [0.25, 0.3) is 0 Å². The molecule has 0 saturated carbocycles. The Balaban J connectivity index is 2.09. The van der Waals surface area contributed by atoms with Gasteiger partial charge in [-0.2, -0.15) is 0 Å². The molecule has 0 unspecified atom stereocenters. The highest BCUT2D eigenvalue weighted by Gasteiger charge is 2.28. The van der Waals surface area contributed by atoms with E-state index in [1.54, 1.807) is 6.07 Å². The number of carboxylic acid groups (broad SMARTS) is 1. The Kier molecular flexibility index (Phi) is 3.84. The summed E-state index contributed by atoms with van der Waals surface area (Å²) >= 11 is 3.31. The van der Waals surface area contributed by atoms with Crippen molar-refractivity contribution in [1.82, 2.24) is 5.32 Å². The number of carbonyl (C=O) groups excluding carboxylic acids is 2. The Morgan fingerprint density at radius 1 is 1.42 bits per heavy atom. The maximum Gasteiger partial charge on any atom is 0.322 e. The largest absolute Gasteiger partial charge is 0.480 e. The van der Waals surface area contributed by atoms with Crippen LogP contribution in [0.4, 0.5) is 5.69 Å². The first-order valence-corrected chi connectivity index (χ1v) is 6.34. The SMILES string of the molecule is O=C(O)CNC(=O)CN1C(=O)Cc2ccc(Br)cc21. The zero-order valence-corrected chi connectivity index (χ0v) is 11.4. The second-order valence-electron chi connectivity index (χ2n) is 4.10. The average Bonchev–Trinajstić information content (AvgIpc) is 2.63. The molecule has 2 rings (SSSR count). The molecule has 100 valence electrons. The number of nitrogens with zero attached hydrogens (tertiary/aromatic N) is 1. The number of halogens is 1. The van der Waals surface area contributed by atoms with Crippen LogP contribution in [0, 0.1) is 0 Å². The summed E-state index contributed by atoms with van der Waals surface area (Å²) in [5.41, 5.74) is 1.55. The topological polar surface area (TPSA) is 86.7 Å². The van der Waals surface area contributed by atoms with Crippen LogP contribution < -0.4 is 10.2 Å². The van der Waals surface area contributed by atoms with Gasteiger partial charge in [0.15, 0.2) is 0 Å². The van der Waals surface area contributed by atoms with Crippen molar-refractivity contribution < 1.29 is 19.5 Å². The molecule has 1 heterocycles. The van der Waals surface area contributed by atoms with Gasteiger partial charge in [-0.1, -0.05) is 22.0 Å². The van der Waals surface area contributed by atoms with Gasteiger partial charge < -0.3 is 15.3 Å². The van der Waals surface area contributed by atoms with Gasteiger partial charge in [-0.3, -0.25) is 14.4 Å². The van der Waals surface area contributed by atoms with E-state index in [4.69, 9.17) is 5.11 Å². The summed E-state index contributed by atoms with van der Waals surface area (Å²) in [6.07, 6.45) is 0.259. The number of carbonyl (C=O) groups is 3. The molecule has 0 spiro atoms. The van der Waals surface area contributed by atoms with Gasteiger partial charge in [0.1, 0.15) is 13.1 Å². The molecule has 0 radical (unpaired) electrons. The molecule has 2 amide bonds. The van der Waals surface area contributed by atoms with Gasteiger partial charge in [-0.25, -0.2) is 0 Å².